The summed E-state index contributed by atoms with van der Waals surface area (Å²) < 4.78 is 5.04. The van der Waals surface area contributed by atoms with Gasteiger partial charge in [-0.05, 0) is 44.2 Å². The van der Waals surface area contributed by atoms with Crippen LogP contribution in [0.2, 0.25) is 0 Å². The standard InChI is InChI=1S/C18H29N3O2/c1-4-20-10-12-21(13-11-20)17-7-5-16(6-8-17)18(22)19-15(2)9-14-23-3/h5-8,15H,4,9-14H2,1-3H3,(H,19,22)/t15-/m1/s1. The molecule has 1 saturated heterocycles. The number of amides is 1. The predicted molar refractivity (Wildman–Crippen MR) is 94.2 cm³/mol. The van der Waals surface area contributed by atoms with Gasteiger partial charge in [0.1, 0.15) is 0 Å². The molecule has 1 N–H and O–H groups in total. The average Bonchev–Trinajstić information content (AvgIpc) is 2.60. The molecule has 23 heavy (non-hydrogen) atoms. The SMILES string of the molecule is CCN1CCN(c2ccc(C(=O)N[C@H](C)CCOC)cc2)CC1. The fourth-order valence-electron chi connectivity index (χ4n) is 2.82. The van der Waals surface area contributed by atoms with Crippen LogP contribution in [0.3, 0.4) is 0 Å². The zero-order valence-electron chi connectivity index (χ0n) is 14.5. The molecule has 1 atom stereocenters. The summed E-state index contributed by atoms with van der Waals surface area (Å²) in [5.74, 6) is -0.0176. The van der Waals surface area contributed by atoms with Crippen LogP contribution in [0.4, 0.5) is 5.69 Å². The van der Waals surface area contributed by atoms with Crippen LogP contribution >= 0.6 is 0 Å². The van der Waals surface area contributed by atoms with Gasteiger partial charge in [-0.25, -0.2) is 0 Å². The lowest BCUT2D eigenvalue weighted by atomic mass is 10.1. The zero-order valence-corrected chi connectivity index (χ0v) is 14.5. The first-order valence-electron chi connectivity index (χ1n) is 8.51. The number of methoxy groups -OCH3 is 1. The second-order valence-corrected chi connectivity index (χ2v) is 6.12. The Morgan fingerprint density at radius 1 is 1.22 bits per heavy atom. The van der Waals surface area contributed by atoms with Gasteiger partial charge in [-0.3, -0.25) is 4.79 Å². The molecule has 0 aliphatic carbocycles. The van der Waals surface area contributed by atoms with Crippen molar-refractivity contribution in [2.24, 2.45) is 0 Å². The van der Waals surface area contributed by atoms with Crippen molar-refractivity contribution in [1.82, 2.24) is 10.2 Å². The number of benzene rings is 1. The monoisotopic (exact) mass is 319 g/mol. The van der Waals surface area contributed by atoms with Gasteiger partial charge in [0.25, 0.3) is 5.91 Å². The van der Waals surface area contributed by atoms with E-state index < -0.39 is 0 Å². The predicted octanol–water partition coefficient (Wildman–Crippen LogP) is 1.98. The second kappa shape index (κ2) is 8.89. The molecule has 128 valence electrons. The van der Waals surface area contributed by atoms with E-state index in [0.717, 1.165) is 39.1 Å². The molecular weight excluding hydrogens is 290 g/mol. The summed E-state index contributed by atoms with van der Waals surface area (Å²) in [5.41, 5.74) is 1.91. The van der Waals surface area contributed by atoms with E-state index in [2.05, 4.69) is 34.2 Å². The normalized spacial score (nSPS) is 17.1. The fourth-order valence-corrected chi connectivity index (χ4v) is 2.82. The molecule has 0 radical (unpaired) electrons. The van der Waals surface area contributed by atoms with Crippen molar-refractivity contribution in [3.05, 3.63) is 29.8 Å². The van der Waals surface area contributed by atoms with Gasteiger partial charge in [0.05, 0.1) is 0 Å². The maximum absolute atomic E-state index is 12.2. The number of hydrogen-bond donors (Lipinski definition) is 1. The fraction of sp³-hybridized carbons (Fsp3) is 0.611. The van der Waals surface area contributed by atoms with Crippen molar-refractivity contribution < 1.29 is 9.53 Å². The first kappa shape index (κ1) is 17.8. The summed E-state index contributed by atoms with van der Waals surface area (Å²) in [6.45, 7) is 10.3. The third-order valence-corrected chi connectivity index (χ3v) is 4.45. The number of ether oxygens (including phenoxy) is 1. The minimum atomic E-state index is -0.0176. The average molecular weight is 319 g/mol. The highest BCUT2D eigenvalue weighted by Gasteiger charge is 2.16. The molecule has 1 aromatic carbocycles. The highest BCUT2D eigenvalue weighted by atomic mass is 16.5. The van der Waals surface area contributed by atoms with E-state index in [4.69, 9.17) is 4.74 Å². The van der Waals surface area contributed by atoms with Crippen molar-refractivity contribution in [3.8, 4) is 0 Å². The smallest absolute Gasteiger partial charge is 0.251 e. The molecule has 5 nitrogen and oxygen atoms in total. The molecule has 0 saturated carbocycles. The van der Waals surface area contributed by atoms with Crippen LogP contribution in [0.1, 0.15) is 30.6 Å². The van der Waals surface area contributed by atoms with Crippen LogP contribution in [0, 0.1) is 0 Å². The Balaban J connectivity index is 1.88. The molecule has 1 amide bonds. The van der Waals surface area contributed by atoms with Crippen molar-refractivity contribution in [3.63, 3.8) is 0 Å². The Kier molecular flexibility index (Phi) is 6.86. The first-order chi connectivity index (χ1) is 11.1. The maximum atomic E-state index is 12.2. The number of nitrogens with one attached hydrogen (secondary N) is 1. The highest BCUT2D eigenvalue weighted by Crippen LogP contribution is 2.17. The van der Waals surface area contributed by atoms with Crippen LogP contribution in [0.15, 0.2) is 24.3 Å². The Labute approximate surface area is 139 Å². The molecule has 1 aliphatic heterocycles. The van der Waals surface area contributed by atoms with Gasteiger partial charge in [0.15, 0.2) is 0 Å². The van der Waals surface area contributed by atoms with Crippen LogP contribution in [0.25, 0.3) is 0 Å². The van der Waals surface area contributed by atoms with Gasteiger partial charge in [-0.2, -0.15) is 0 Å². The lowest BCUT2D eigenvalue weighted by Crippen LogP contribution is -2.46. The van der Waals surface area contributed by atoms with Crippen molar-refractivity contribution >= 4 is 11.6 Å². The van der Waals surface area contributed by atoms with Gasteiger partial charge in [-0.15, -0.1) is 0 Å². The van der Waals surface area contributed by atoms with Crippen molar-refractivity contribution in [2.75, 3.05) is 51.3 Å². The minimum absolute atomic E-state index is 0.0176. The molecule has 0 unspecified atom stereocenters. The van der Waals surface area contributed by atoms with Crippen molar-refractivity contribution in [1.29, 1.82) is 0 Å². The molecule has 0 spiro atoms. The number of carbonyl (C=O) groups excluding carboxylic acids is 1. The molecule has 2 rings (SSSR count). The van der Waals surface area contributed by atoms with Crippen molar-refractivity contribution in [2.45, 2.75) is 26.3 Å². The van der Waals surface area contributed by atoms with Gasteiger partial charge in [0, 0.05) is 57.2 Å². The summed E-state index contributed by atoms with van der Waals surface area (Å²) >= 11 is 0. The van der Waals surface area contributed by atoms with E-state index in [0.29, 0.717) is 12.2 Å². The number of hydrogen-bond acceptors (Lipinski definition) is 4. The van der Waals surface area contributed by atoms with Crippen LogP contribution in [-0.4, -0.2) is 63.3 Å². The van der Waals surface area contributed by atoms with Crippen LogP contribution in [0.5, 0.6) is 0 Å². The molecule has 1 aliphatic rings. The third-order valence-electron chi connectivity index (χ3n) is 4.45. The van der Waals surface area contributed by atoms with Crippen LogP contribution in [-0.2, 0) is 4.74 Å². The summed E-state index contributed by atoms with van der Waals surface area (Å²) in [6.07, 6.45) is 0.821. The molecule has 1 heterocycles. The molecular formula is C18H29N3O2. The summed E-state index contributed by atoms with van der Waals surface area (Å²) in [4.78, 5) is 17.1. The molecule has 5 heteroatoms. The quantitative estimate of drug-likeness (QED) is 0.835. The van der Waals surface area contributed by atoms with E-state index in [1.165, 1.54) is 5.69 Å². The number of likely N-dealkylation sites (N-methyl/N-ethyl adjacent to an activating group) is 1. The summed E-state index contributed by atoms with van der Waals surface area (Å²) in [6, 6.07) is 8.05. The molecule has 0 bridgehead atoms. The Morgan fingerprint density at radius 3 is 2.43 bits per heavy atom. The number of anilines is 1. The maximum Gasteiger partial charge on any atom is 0.251 e. The highest BCUT2D eigenvalue weighted by molar-refractivity contribution is 5.94. The van der Waals surface area contributed by atoms with E-state index in [1.54, 1.807) is 7.11 Å². The Morgan fingerprint density at radius 2 is 1.87 bits per heavy atom. The van der Waals surface area contributed by atoms with E-state index in [9.17, 15) is 4.79 Å². The largest absolute Gasteiger partial charge is 0.385 e. The van der Waals surface area contributed by atoms with Gasteiger partial charge in [0.2, 0.25) is 0 Å². The third kappa shape index (κ3) is 5.22. The van der Waals surface area contributed by atoms with E-state index >= 15 is 0 Å². The second-order valence-electron chi connectivity index (χ2n) is 6.12. The number of rotatable bonds is 7. The Bertz CT molecular complexity index is 482. The van der Waals surface area contributed by atoms with Crippen LogP contribution < -0.4 is 10.2 Å². The lowest BCUT2D eigenvalue weighted by molar-refractivity contribution is 0.0929. The number of nitrogens with zero attached hydrogens (tertiary/aromatic N) is 2. The van der Waals surface area contributed by atoms with Gasteiger partial charge in [-0.1, -0.05) is 6.92 Å². The van der Waals surface area contributed by atoms with Gasteiger partial charge < -0.3 is 19.9 Å². The van der Waals surface area contributed by atoms with Gasteiger partial charge >= 0.3 is 0 Å². The Hall–Kier alpha value is -1.59. The summed E-state index contributed by atoms with van der Waals surface area (Å²) in [7, 11) is 1.67. The molecule has 1 aromatic rings. The number of carbonyl (C=O) groups is 1. The lowest BCUT2D eigenvalue weighted by Gasteiger charge is -2.35. The minimum Gasteiger partial charge on any atom is -0.385 e. The van der Waals surface area contributed by atoms with E-state index in [-0.39, 0.29) is 11.9 Å². The molecule has 1 fully saturated rings. The zero-order chi connectivity index (χ0) is 16.7. The number of piperazine rings is 1. The first-order valence-corrected chi connectivity index (χ1v) is 8.51. The van der Waals surface area contributed by atoms with E-state index in [1.807, 2.05) is 19.1 Å². The summed E-state index contributed by atoms with van der Waals surface area (Å²) in [5, 5.41) is 3.00. The molecule has 0 aromatic heterocycles. The topological polar surface area (TPSA) is 44.8 Å².